The summed E-state index contributed by atoms with van der Waals surface area (Å²) in [5.74, 6) is 3.78. The monoisotopic (exact) mass is 507 g/mol. The van der Waals surface area contributed by atoms with Crippen LogP contribution in [0.2, 0.25) is 0 Å². The van der Waals surface area contributed by atoms with Crippen LogP contribution < -0.4 is 22.1 Å². The van der Waals surface area contributed by atoms with E-state index >= 15 is 0 Å². The van der Waals surface area contributed by atoms with Crippen LogP contribution in [0.3, 0.4) is 0 Å². The molecule has 0 aliphatic heterocycles. The Morgan fingerprint density at radius 1 is 1.12 bits per heavy atom. The molecule has 0 saturated heterocycles. The van der Waals surface area contributed by atoms with Gasteiger partial charge in [-0.3, -0.25) is 4.99 Å². The van der Waals surface area contributed by atoms with Gasteiger partial charge in [0.25, 0.3) is 0 Å². The fraction of sp³-hybridized carbons (Fsp3) is 0.917. The van der Waals surface area contributed by atoms with Crippen molar-refractivity contribution < 1.29 is 0 Å². The van der Waals surface area contributed by atoms with Crippen molar-refractivity contribution in [2.45, 2.75) is 91.9 Å². The molecule has 0 heterocycles. The van der Waals surface area contributed by atoms with E-state index in [4.69, 9.17) is 23.7 Å². The third kappa shape index (κ3) is 19.3. The minimum atomic E-state index is -0.177. The lowest BCUT2D eigenvalue weighted by Crippen LogP contribution is -2.38. The highest BCUT2D eigenvalue weighted by Gasteiger charge is 2.30. The molecule has 0 aromatic heterocycles. The van der Waals surface area contributed by atoms with Crippen molar-refractivity contribution in [3.63, 3.8) is 0 Å². The van der Waals surface area contributed by atoms with Crippen molar-refractivity contribution in [1.29, 1.82) is 0 Å². The van der Waals surface area contributed by atoms with Crippen LogP contribution in [0.15, 0.2) is 4.99 Å². The molecule has 0 aliphatic rings. The molecule has 0 aromatic rings. The van der Waals surface area contributed by atoms with Crippen molar-refractivity contribution in [2.24, 2.45) is 33.2 Å². The molecule has 0 rings (SSSR count). The Hall–Kier alpha value is -0.180. The molecular formula is C24H53N5S3. The topological polar surface area (TPSA) is 88.5 Å². The number of hydrogen-bond donors (Lipinski definition) is 5. The molecule has 0 aliphatic carbocycles. The Balaban J connectivity index is 0. The number of nitrogens with two attached hydrogens (primary N) is 2. The van der Waals surface area contributed by atoms with E-state index in [1.54, 1.807) is 7.05 Å². The lowest BCUT2D eigenvalue weighted by atomic mass is 9.85. The van der Waals surface area contributed by atoms with Crippen LogP contribution in [0.1, 0.15) is 81.1 Å². The summed E-state index contributed by atoms with van der Waals surface area (Å²) in [4.78, 5) is 4.35. The zero-order chi connectivity index (χ0) is 25.6. The standard InChI is InChI=1S/C16H34S2.C8H19N5S/c1-13(2)9-14(3,4)12-18-16(7,8)10-15(5,6)11-17;1-11-8(12-2)13-5-3-4-6(9)7(10)14/h13,17H,9-12H2,1-8H3;6H,3-5,9H2,1-2H3,(H2,10,14)(H2,11,12,13). The van der Waals surface area contributed by atoms with Gasteiger partial charge in [0.2, 0.25) is 0 Å². The number of nitrogens with one attached hydrogen (secondary N) is 2. The fourth-order valence-corrected chi connectivity index (χ4v) is 5.39. The fourth-order valence-electron chi connectivity index (χ4n) is 3.76. The van der Waals surface area contributed by atoms with Gasteiger partial charge in [-0.2, -0.15) is 24.4 Å². The molecule has 0 fully saturated rings. The molecule has 0 bridgehead atoms. The number of thioether (sulfide) groups is 1. The van der Waals surface area contributed by atoms with E-state index in [-0.39, 0.29) is 6.04 Å². The second-order valence-corrected chi connectivity index (χ2v) is 13.7. The number of thiol groups is 1. The molecule has 192 valence electrons. The van der Waals surface area contributed by atoms with E-state index in [2.05, 4.69) is 95.4 Å². The molecule has 5 nitrogen and oxygen atoms in total. The molecule has 32 heavy (non-hydrogen) atoms. The van der Waals surface area contributed by atoms with Gasteiger partial charge in [0.15, 0.2) is 5.96 Å². The Morgan fingerprint density at radius 3 is 2.09 bits per heavy atom. The van der Waals surface area contributed by atoms with Crippen LogP contribution in [-0.2, 0) is 0 Å². The highest BCUT2D eigenvalue weighted by atomic mass is 32.2. The smallest absolute Gasteiger partial charge is 0.190 e. The summed E-state index contributed by atoms with van der Waals surface area (Å²) in [6.45, 7) is 19.7. The van der Waals surface area contributed by atoms with Gasteiger partial charge in [-0.05, 0) is 53.9 Å². The first-order valence-corrected chi connectivity index (χ1v) is 13.7. The summed E-state index contributed by atoms with van der Waals surface area (Å²) in [7, 11) is 3.54. The first-order valence-electron chi connectivity index (χ1n) is 11.7. The van der Waals surface area contributed by atoms with E-state index in [1.165, 1.54) is 18.6 Å². The number of hydrogen-bond acceptors (Lipinski definition) is 5. The normalized spacial score (nSPS) is 14.0. The van der Waals surface area contributed by atoms with Crippen LogP contribution in [-0.4, -0.2) is 53.9 Å². The Morgan fingerprint density at radius 2 is 1.69 bits per heavy atom. The predicted octanol–water partition coefficient (Wildman–Crippen LogP) is 5.09. The molecule has 0 saturated carbocycles. The van der Waals surface area contributed by atoms with Gasteiger partial charge in [0.05, 0.1) is 11.0 Å². The molecule has 0 spiro atoms. The first-order chi connectivity index (χ1) is 14.5. The minimum absolute atomic E-state index is 0.177. The average Bonchev–Trinajstić information content (AvgIpc) is 2.65. The van der Waals surface area contributed by atoms with Crippen molar-refractivity contribution in [1.82, 2.24) is 10.6 Å². The molecule has 1 atom stereocenters. The summed E-state index contributed by atoms with van der Waals surface area (Å²) >= 11 is 11.4. The van der Waals surface area contributed by atoms with E-state index in [1.807, 2.05) is 7.05 Å². The van der Waals surface area contributed by atoms with Gasteiger partial charge in [-0.25, -0.2) is 0 Å². The second kappa shape index (κ2) is 16.4. The van der Waals surface area contributed by atoms with Gasteiger partial charge >= 0.3 is 0 Å². The maximum absolute atomic E-state index is 5.66. The number of nitrogens with zero attached hydrogens (tertiary/aromatic N) is 1. The van der Waals surface area contributed by atoms with Crippen LogP contribution >= 0.6 is 36.6 Å². The molecule has 0 radical (unpaired) electrons. The van der Waals surface area contributed by atoms with Crippen LogP contribution in [0.25, 0.3) is 0 Å². The number of rotatable bonds is 13. The van der Waals surface area contributed by atoms with Crippen molar-refractivity contribution >= 4 is 47.6 Å². The second-order valence-electron chi connectivity index (χ2n) is 11.2. The first kappa shape index (κ1) is 34.0. The van der Waals surface area contributed by atoms with Gasteiger partial charge in [-0.1, -0.05) is 67.6 Å². The maximum atomic E-state index is 5.66. The molecule has 8 heteroatoms. The van der Waals surface area contributed by atoms with Gasteiger partial charge in [0, 0.05) is 25.4 Å². The maximum Gasteiger partial charge on any atom is 0.190 e. The van der Waals surface area contributed by atoms with Crippen LogP contribution in [0.4, 0.5) is 0 Å². The molecular weight excluding hydrogens is 455 g/mol. The summed E-state index contributed by atoms with van der Waals surface area (Å²) in [6, 6.07) is -0.177. The molecule has 1 unspecified atom stereocenters. The van der Waals surface area contributed by atoms with Crippen molar-refractivity contribution in [2.75, 3.05) is 32.1 Å². The average molecular weight is 508 g/mol. The Labute approximate surface area is 214 Å². The predicted molar refractivity (Wildman–Crippen MR) is 156 cm³/mol. The van der Waals surface area contributed by atoms with Crippen LogP contribution in [0, 0.1) is 16.7 Å². The Kier molecular flexibility index (Phi) is 17.5. The number of guanidine groups is 1. The van der Waals surface area contributed by atoms with E-state index < -0.39 is 0 Å². The third-order valence-electron chi connectivity index (χ3n) is 4.96. The summed E-state index contributed by atoms with van der Waals surface area (Å²) in [6.07, 6.45) is 4.25. The van der Waals surface area contributed by atoms with E-state index in [9.17, 15) is 0 Å². The van der Waals surface area contributed by atoms with Crippen molar-refractivity contribution in [3.8, 4) is 0 Å². The summed E-state index contributed by atoms with van der Waals surface area (Å²) in [5, 5.41) is 6.03. The number of thiocarbonyl (C=S) groups is 1. The highest BCUT2D eigenvalue weighted by Crippen LogP contribution is 2.41. The molecule has 6 N–H and O–H groups in total. The van der Waals surface area contributed by atoms with Crippen LogP contribution in [0.5, 0.6) is 0 Å². The zero-order valence-corrected chi connectivity index (χ0v) is 25.0. The number of aliphatic imine (C=N–C) groups is 1. The highest BCUT2D eigenvalue weighted by molar-refractivity contribution is 8.00. The lowest BCUT2D eigenvalue weighted by molar-refractivity contribution is 0.322. The van der Waals surface area contributed by atoms with Gasteiger partial charge < -0.3 is 22.1 Å². The van der Waals surface area contributed by atoms with Crippen molar-refractivity contribution in [3.05, 3.63) is 0 Å². The zero-order valence-electron chi connectivity index (χ0n) is 22.5. The SMILES string of the molecule is CC(C)CC(C)(C)CSC(C)(C)CC(C)(C)CS.CN=C(NC)NCCCC(N)C(N)=S. The van der Waals surface area contributed by atoms with Gasteiger partial charge in [0.1, 0.15) is 0 Å². The third-order valence-corrected chi connectivity index (χ3v) is 7.97. The largest absolute Gasteiger partial charge is 0.392 e. The van der Waals surface area contributed by atoms with E-state index in [0.29, 0.717) is 20.6 Å². The molecule has 0 amide bonds. The van der Waals surface area contributed by atoms with E-state index in [0.717, 1.165) is 37.0 Å². The summed E-state index contributed by atoms with van der Waals surface area (Å²) < 4.78 is 0.348. The van der Waals surface area contributed by atoms with Gasteiger partial charge in [-0.15, -0.1) is 0 Å². The quantitative estimate of drug-likeness (QED) is 0.0784. The molecule has 0 aromatic carbocycles. The summed E-state index contributed by atoms with van der Waals surface area (Å²) in [5.41, 5.74) is 11.8. The lowest BCUT2D eigenvalue weighted by Gasteiger charge is -2.36. The minimum Gasteiger partial charge on any atom is -0.392 e. The Bertz CT molecular complexity index is 546.